The summed E-state index contributed by atoms with van der Waals surface area (Å²) in [6, 6.07) is 13.5. The molecule has 0 aromatic heterocycles. The van der Waals surface area contributed by atoms with Crippen molar-refractivity contribution in [2.45, 2.75) is 32.3 Å². The zero-order valence-electron chi connectivity index (χ0n) is 16.4. The van der Waals surface area contributed by atoms with Gasteiger partial charge in [0.2, 0.25) is 0 Å². The number of fused-ring (bicyclic) bond motifs is 1. The highest BCUT2D eigenvalue weighted by atomic mass is 16.6. The van der Waals surface area contributed by atoms with Crippen LogP contribution < -0.4 is 14.2 Å². The van der Waals surface area contributed by atoms with Crippen LogP contribution in [0.2, 0.25) is 0 Å². The van der Waals surface area contributed by atoms with Crippen molar-refractivity contribution in [2.75, 3.05) is 20.3 Å². The second kappa shape index (κ2) is 9.18. The normalized spacial score (nSPS) is 15.8. The maximum Gasteiger partial charge on any atom is 0.307 e. The summed E-state index contributed by atoms with van der Waals surface area (Å²) in [5.41, 5.74) is 2.07. The number of carbonyl (C=O) groups excluding carboxylic acids is 1. The van der Waals surface area contributed by atoms with E-state index >= 15 is 0 Å². The molecule has 0 amide bonds. The summed E-state index contributed by atoms with van der Waals surface area (Å²) in [6.45, 7) is 4.60. The quantitative estimate of drug-likeness (QED) is 0.562. The number of benzene rings is 2. The van der Waals surface area contributed by atoms with Crippen LogP contribution in [-0.2, 0) is 9.53 Å². The Morgan fingerprint density at radius 3 is 2.71 bits per heavy atom. The molecule has 0 N–H and O–H groups in total. The van der Waals surface area contributed by atoms with Crippen LogP contribution in [0, 0.1) is 18.8 Å². The van der Waals surface area contributed by atoms with E-state index in [4.69, 9.17) is 18.9 Å². The molecule has 0 fully saturated rings. The van der Waals surface area contributed by atoms with Gasteiger partial charge in [-0.05, 0) is 49.2 Å². The summed E-state index contributed by atoms with van der Waals surface area (Å²) in [6.07, 6.45) is 0.0517. The molecule has 1 heterocycles. The average Bonchev–Trinajstić information content (AvgIpc) is 2.72. The zero-order chi connectivity index (χ0) is 19.9. The summed E-state index contributed by atoms with van der Waals surface area (Å²) < 4.78 is 22.3. The summed E-state index contributed by atoms with van der Waals surface area (Å²) in [5, 5.41) is 0. The molecule has 0 saturated heterocycles. The van der Waals surface area contributed by atoms with E-state index in [1.807, 2.05) is 49.4 Å². The number of hydrogen-bond acceptors (Lipinski definition) is 5. The zero-order valence-corrected chi connectivity index (χ0v) is 16.4. The van der Waals surface area contributed by atoms with Gasteiger partial charge in [-0.3, -0.25) is 4.79 Å². The van der Waals surface area contributed by atoms with E-state index in [1.54, 1.807) is 6.92 Å². The lowest BCUT2D eigenvalue weighted by atomic mass is 9.96. The van der Waals surface area contributed by atoms with Gasteiger partial charge < -0.3 is 18.9 Å². The third-order valence-corrected chi connectivity index (χ3v) is 4.45. The van der Waals surface area contributed by atoms with Crippen LogP contribution in [0.3, 0.4) is 0 Å². The standard InChI is InChI=1S/C23H24O5/c1-4-5-18(13-23(24)25-3)17-7-9-19(10-8-17)26-14-20-15-27-21-11-6-16(2)12-22(21)28-20/h6-12,18,20H,13-15H2,1-3H3/t18-,20-/m0/s1. The second-order valence-corrected chi connectivity index (χ2v) is 6.61. The van der Waals surface area contributed by atoms with Crippen molar-refractivity contribution in [3.8, 4) is 29.1 Å². The van der Waals surface area contributed by atoms with E-state index in [0.29, 0.717) is 13.2 Å². The maximum atomic E-state index is 11.6. The first-order valence-electron chi connectivity index (χ1n) is 9.21. The molecule has 0 saturated carbocycles. The minimum absolute atomic E-state index is 0.174. The van der Waals surface area contributed by atoms with E-state index in [2.05, 4.69) is 11.8 Å². The Hall–Kier alpha value is -3.13. The van der Waals surface area contributed by atoms with Gasteiger partial charge >= 0.3 is 5.97 Å². The lowest BCUT2D eigenvalue weighted by Gasteiger charge is -2.26. The van der Waals surface area contributed by atoms with Crippen LogP contribution in [0.25, 0.3) is 0 Å². The largest absolute Gasteiger partial charge is 0.490 e. The third-order valence-electron chi connectivity index (χ3n) is 4.45. The summed E-state index contributed by atoms with van der Waals surface area (Å²) >= 11 is 0. The Balaban J connectivity index is 1.58. The van der Waals surface area contributed by atoms with Gasteiger partial charge in [0.1, 0.15) is 19.0 Å². The van der Waals surface area contributed by atoms with Crippen molar-refractivity contribution >= 4 is 5.97 Å². The van der Waals surface area contributed by atoms with Crippen LogP contribution in [0.15, 0.2) is 42.5 Å². The number of hydrogen-bond donors (Lipinski definition) is 0. The minimum atomic E-state index is -0.280. The van der Waals surface area contributed by atoms with Gasteiger partial charge in [0.05, 0.1) is 19.4 Å². The lowest BCUT2D eigenvalue weighted by Crippen LogP contribution is -2.34. The molecule has 146 valence electrons. The molecule has 2 aromatic carbocycles. The molecular weight excluding hydrogens is 356 g/mol. The molecule has 0 aliphatic carbocycles. The molecule has 5 nitrogen and oxygen atoms in total. The van der Waals surface area contributed by atoms with Crippen molar-refractivity contribution < 1.29 is 23.7 Å². The Labute approximate surface area is 165 Å². The van der Waals surface area contributed by atoms with Crippen molar-refractivity contribution in [3.63, 3.8) is 0 Å². The Kier molecular flexibility index (Phi) is 6.44. The summed E-state index contributed by atoms with van der Waals surface area (Å²) in [4.78, 5) is 11.6. The van der Waals surface area contributed by atoms with Gasteiger partial charge in [-0.25, -0.2) is 0 Å². The predicted molar refractivity (Wildman–Crippen MR) is 106 cm³/mol. The number of ether oxygens (including phenoxy) is 4. The maximum absolute atomic E-state index is 11.6. The van der Waals surface area contributed by atoms with Crippen molar-refractivity contribution in [3.05, 3.63) is 53.6 Å². The van der Waals surface area contributed by atoms with Crippen LogP contribution in [0.5, 0.6) is 17.2 Å². The van der Waals surface area contributed by atoms with Crippen molar-refractivity contribution in [1.82, 2.24) is 0 Å². The van der Waals surface area contributed by atoms with E-state index < -0.39 is 0 Å². The highest BCUT2D eigenvalue weighted by Crippen LogP contribution is 2.32. The van der Waals surface area contributed by atoms with Gasteiger partial charge in [0.25, 0.3) is 0 Å². The summed E-state index contributed by atoms with van der Waals surface area (Å²) in [7, 11) is 1.38. The number of carbonyl (C=O) groups is 1. The van der Waals surface area contributed by atoms with Crippen molar-refractivity contribution in [1.29, 1.82) is 0 Å². The van der Waals surface area contributed by atoms with Crippen LogP contribution >= 0.6 is 0 Å². The van der Waals surface area contributed by atoms with Crippen molar-refractivity contribution in [2.24, 2.45) is 0 Å². The van der Waals surface area contributed by atoms with Crippen LogP contribution in [0.4, 0.5) is 0 Å². The predicted octanol–water partition coefficient (Wildman–Crippen LogP) is 3.88. The van der Waals surface area contributed by atoms with Gasteiger partial charge in [-0.1, -0.05) is 24.1 Å². The molecule has 0 spiro atoms. The highest BCUT2D eigenvalue weighted by molar-refractivity contribution is 5.71. The number of methoxy groups -OCH3 is 1. The fraction of sp³-hybridized carbons (Fsp3) is 0.348. The first kappa shape index (κ1) is 19.6. The van der Waals surface area contributed by atoms with Gasteiger partial charge in [0, 0.05) is 0 Å². The fourth-order valence-corrected chi connectivity index (χ4v) is 2.97. The Morgan fingerprint density at radius 1 is 1.21 bits per heavy atom. The van der Waals surface area contributed by atoms with E-state index in [9.17, 15) is 4.79 Å². The molecule has 3 rings (SSSR count). The third kappa shape index (κ3) is 4.98. The molecule has 2 atom stereocenters. The molecule has 1 aliphatic rings. The molecule has 5 heteroatoms. The fourth-order valence-electron chi connectivity index (χ4n) is 2.97. The lowest BCUT2D eigenvalue weighted by molar-refractivity contribution is -0.140. The molecule has 0 radical (unpaired) electrons. The second-order valence-electron chi connectivity index (χ2n) is 6.61. The van der Waals surface area contributed by atoms with Gasteiger partial charge in [-0.2, -0.15) is 0 Å². The van der Waals surface area contributed by atoms with E-state index in [1.165, 1.54) is 7.11 Å². The van der Waals surface area contributed by atoms with Crippen LogP contribution in [-0.4, -0.2) is 32.4 Å². The Morgan fingerprint density at radius 2 is 2.00 bits per heavy atom. The van der Waals surface area contributed by atoms with Crippen LogP contribution in [0.1, 0.15) is 30.4 Å². The number of rotatable bonds is 6. The van der Waals surface area contributed by atoms with Gasteiger partial charge in [-0.15, -0.1) is 5.92 Å². The molecule has 28 heavy (non-hydrogen) atoms. The van der Waals surface area contributed by atoms with E-state index in [0.717, 1.165) is 28.4 Å². The molecule has 0 unspecified atom stereocenters. The average molecular weight is 380 g/mol. The monoisotopic (exact) mass is 380 g/mol. The first-order chi connectivity index (χ1) is 13.6. The molecule has 0 bridgehead atoms. The molecule has 1 aliphatic heterocycles. The number of esters is 1. The SMILES string of the molecule is CC#C[C@@H](CC(=O)OC)c1ccc(OC[C@H]2COc3ccc(C)cc3O2)cc1. The first-order valence-corrected chi connectivity index (χ1v) is 9.21. The van der Waals surface area contributed by atoms with Gasteiger partial charge in [0.15, 0.2) is 17.6 Å². The smallest absolute Gasteiger partial charge is 0.307 e. The number of aryl methyl sites for hydroxylation is 1. The Bertz CT molecular complexity index is 876. The molecular formula is C23H24O5. The highest BCUT2D eigenvalue weighted by Gasteiger charge is 2.22. The minimum Gasteiger partial charge on any atom is -0.490 e. The molecule has 2 aromatic rings. The summed E-state index contributed by atoms with van der Waals surface area (Å²) in [5.74, 6) is 7.69. The topological polar surface area (TPSA) is 54.0 Å². The van der Waals surface area contributed by atoms with E-state index in [-0.39, 0.29) is 24.4 Å².